The van der Waals surface area contributed by atoms with Crippen molar-refractivity contribution in [1.82, 2.24) is 0 Å². The molecule has 0 fully saturated rings. The first-order valence-corrected chi connectivity index (χ1v) is 8.57. The summed E-state index contributed by atoms with van der Waals surface area (Å²) in [5, 5.41) is 2.77. The number of alkyl halides is 3. The quantitative estimate of drug-likeness (QED) is 0.592. The van der Waals surface area contributed by atoms with E-state index in [9.17, 15) is 18.0 Å². The predicted molar refractivity (Wildman–Crippen MR) is 106 cm³/mol. The Hall–Kier alpha value is -3.32. The lowest BCUT2D eigenvalue weighted by atomic mass is 10.1. The molecule has 0 aliphatic rings. The average Bonchev–Trinajstić information content (AvgIpc) is 3.11. The standard InChI is InChI=1S/C22H18F3NO2.H2O/c1-14-7-8-15(2)19(13-14)26-21(27)12-10-16-9-11-20(28-16)17-5-3-4-6-18(17)22(23,24)25;/h3-13H,1-2H3,(H,26,27);1H2/b12-10+;. The van der Waals surface area contributed by atoms with Crippen LogP contribution in [0.5, 0.6) is 0 Å². The zero-order valence-electron chi connectivity index (χ0n) is 15.8. The number of halogens is 3. The van der Waals surface area contributed by atoms with E-state index in [4.69, 9.17) is 4.42 Å². The fourth-order valence-electron chi connectivity index (χ4n) is 2.74. The van der Waals surface area contributed by atoms with Gasteiger partial charge in [0.1, 0.15) is 11.5 Å². The smallest absolute Gasteiger partial charge is 0.417 e. The van der Waals surface area contributed by atoms with Gasteiger partial charge >= 0.3 is 6.18 Å². The second kappa shape index (κ2) is 8.79. The second-order valence-electron chi connectivity index (χ2n) is 6.39. The van der Waals surface area contributed by atoms with Crippen molar-refractivity contribution in [2.45, 2.75) is 20.0 Å². The normalized spacial score (nSPS) is 11.3. The Morgan fingerprint density at radius 1 is 1.03 bits per heavy atom. The van der Waals surface area contributed by atoms with Gasteiger partial charge in [-0.25, -0.2) is 0 Å². The van der Waals surface area contributed by atoms with Crippen molar-refractivity contribution >= 4 is 17.7 Å². The molecule has 3 aromatic rings. The molecule has 0 aliphatic heterocycles. The number of furan rings is 1. The summed E-state index contributed by atoms with van der Waals surface area (Å²) in [5.74, 6) is 0.00736. The van der Waals surface area contributed by atoms with Gasteiger partial charge in [-0.1, -0.05) is 30.3 Å². The van der Waals surface area contributed by atoms with E-state index in [-0.39, 0.29) is 28.5 Å². The number of benzene rings is 2. The Labute approximate surface area is 166 Å². The Balaban J connectivity index is 0.00000300. The fraction of sp³-hybridized carbons (Fsp3) is 0.136. The van der Waals surface area contributed by atoms with Crippen molar-refractivity contribution in [3.05, 3.63) is 83.1 Å². The van der Waals surface area contributed by atoms with Crippen LogP contribution in [0, 0.1) is 13.8 Å². The molecule has 0 saturated heterocycles. The summed E-state index contributed by atoms with van der Waals surface area (Å²) in [6, 6.07) is 13.9. The largest absolute Gasteiger partial charge is 0.457 e. The van der Waals surface area contributed by atoms with Crippen molar-refractivity contribution in [1.29, 1.82) is 0 Å². The lowest BCUT2D eigenvalue weighted by Gasteiger charge is -2.10. The minimum atomic E-state index is -4.48. The maximum atomic E-state index is 13.2. The molecule has 0 saturated carbocycles. The number of hydrogen-bond acceptors (Lipinski definition) is 2. The minimum absolute atomic E-state index is 0. The van der Waals surface area contributed by atoms with E-state index in [2.05, 4.69) is 5.32 Å². The van der Waals surface area contributed by atoms with Crippen LogP contribution in [0.2, 0.25) is 0 Å². The van der Waals surface area contributed by atoms with E-state index < -0.39 is 11.7 Å². The van der Waals surface area contributed by atoms with Crippen LogP contribution in [0.4, 0.5) is 18.9 Å². The molecule has 2 aromatic carbocycles. The van der Waals surface area contributed by atoms with Gasteiger partial charge in [-0.2, -0.15) is 13.2 Å². The van der Waals surface area contributed by atoms with Gasteiger partial charge < -0.3 is 15.2 Å². The van der Waals surface area contributed by atoms with Gasteiger partial charge in [-0.3, -0.25) is 4.79 Å². The van der Waals surface area contributed by atoms with Crippen molar-refractivity contribution in [2.75, 3.05) is 5.32 Å². The van der Waals surface area contributed by atoms with Gasteiger partial charge in [0.05, 0.1) is 5.56 Å². The molecular formula is C22H20F3NO3. The average molecular weight is 403 g/mol. The van der Waals surface area contributed by atoms with E-state index in [1.807, 2.05) is 32.0 Å². The van der Waals surface area contributed by atoms with Crippen LogP contribution in [-0.2, 0) is 11.0 Å². The number of carbonyl (C=O) groups excluding carboxylic acids is 1. The molecule has 4 nitrogen and oxygen atoms in total. The monoisotopic (exact) mass is 403 g/mol. The molecule has 0 atom stereocenters. The Morgan fingerprint density at radius 2 is 1.76 bits per heavy atom. The summed E-state index contributed by atoms with van der Waals surface area (Å²) >= 11 is 0. The zero-order valence-corrected chi connectivity index (χ0v) is 15.8. The summed E-state index contributed by atoms with van der Waals surface area (Å²) in [7, 11) is 0. The molecule has 1 aromatic heterocycles. The van der Waals surface area contributed by atoms with E-state index in [1.54, 1.807) is 0 Å². The van der Waals surface area contributed by atoms with Crippen LogP contribution in [0.3, 0.4) is 0 Å². The number of carbonyl (C=O) groups is 1. The van der Waals surface area contributed by atoms with Crippen LogP contribution < -0.4 is 5.32 Å². The van der Waals surface area contributed by atoms with E-state index >= 15 is 0 Å². The van der Waals surface area contributed by atoms with Crippen LogP contribution in [0.1, 0.15) is 22.5 Å². The molecule has 3 N–H and O–H groups in total. The van der Waals surface area contributed by atoms with Crippen molar-refractivity contribution in [2.24, 2.45) is 0 Å². The van der Waals surface area contributed by atoms with Gasteiger partial charge in [-0.15, -0.1) is 0 Å². The molecule has 1 heterocycles. The number of anilines is 1. The summed E-state index contributed by atoms with van der Waals surface area (Å²) in [5.41, 5.74) is 1.83. The van der Waals surface area contributed by atoms with Crippen molar-refractivity contribution in [3.63, 3.8) is 0 Å². The molecule has 0 spiro atoms. The van der Waals surface area contributed by atoms with E-state index in [0.29, 0.717) is 5.69 Å². The van der Waals surface area contributed by atoms with E-state index in [0.717, 1.165) is 17.2 Å². The Kier molecular flexibility index (Phi) is 6.66. The second-order valence-corrected chi connectivity index (χ2v) is 6.39. The molecule has 0 radical (unpaired) electrons. The fourth-order valence-corrected chi connectivity index (χ4v) is 2.74. The number of nitrogens with one attached hydrogen (secondary N) is 1. The van der Waals surface area contributed by atoms with Crippen molar-refractivity contribution in [3.8, 4) is 11.3 Å². The summed E-state index contributed by atoms with van der Waals surface area (Å²) in [6.07, 6.45) is -1.79. The van der Waals surface area contributed by atoms with Crippen LogP contribution in [-0.4, -0.2) is 11.4 Å². The van der Waals surface area contributed by atoms with Crippen LogP contribution in [0.15, 0.2) is 65.1 Å². The molecular weight excluding hydrogens is 383 g/mol. The minimum Gasteiger partial charge on any atom is -0.457 e. The third-order valence-electron chi connectivity index (χ3n) is 4.17. The van der Waals surface area contributed by atoms with Gasteiger partial charge in [0, 0.05) is 17.3 Å². The molecule has 3 rings (SSSR count). The SMILES string of the molecule is Cc1ccc(C)c(NC(=O)/C=C/c2ccc(-c3ccccc3C(F)(F)F)o2)c1.O. The first kappa shape index (κ1) is 22.0. The Bertz CT molecular complexity index is 1040. The van der Waals surface area contributed by atoms with E-state index in [1.165, 1.54) is 42.5 Å². The maximum Gasteiger partial charge on any atom is 0.417 e. The maximum absolute atomic E-state index is 13.2. The lowest BCUT2D eigenvalue weighted by molar-refractivity contribution is -0.137. The molecule has 152 valence electrons. The van der Waals surface area contributed by atoms with Gasteiger partial charge in [0.2, 0.25) is 5.91 Å². The number of hydrogen-bond donors (Lipinski definition) is 1. The lowest BCUT2D eigenvalue weighted by Crippen LogP contribution is -2.09. The van der Waals surface area contributed by atoms with Gasteiger partial charge in [-0.05, 0) is 55.3 Å². The van der Waals surface area contributed by atoms with Crippen molar-refractivity contribution < 1.29 is 27.9 Å². The molecule has 1 amide bonds. The predicted octanol–water partition coefficient (Wildman–Crippen LogP) is 5.41. The van der Waals surface area contributed by atoms with Gasteiger partial charge in [0.25, 0.3) is 0 Å². The third kappa shape index (κ3) is 5.36. The highest BCUT2D eigenvalue weighted by atomic mass is 19.4. The number of aryl methyl sites for hydroxylation is 2. The summed E-state index contributed by atoms with van der Waals surface area (Å²) in [4.78, 5) is 12.1. The molecule has 7 heteroatoms. The highest BCUT2D eigenvalue weighted by Crippen LogP contribution is 2.37. The Morgan fingerprint density at radius 3 is 2.48 bits per heavy atom. The number of rotatable bonds is 4. The molecule has 0 unspecified atom stereocenters. The first-order chi connectivity index (χ1) is 13.2. The van der Waals surface area contributed by atoms with Gasteiger partial charge in [0.15, 0.2) is 0 Å². The topological polar surface area (TPSA) is 73.7 Å². The van der Waals surface area contributed by atoms with Crippen LogP contribution >= 0.6 is 0 Å². The summed E-state index contributed by atoms with van der Waals surface area (Å²) in [6.45, 7) is 3.81. The number of amides is 1. The highest BCUT2D eigenvalue weighted by molar-refractivity contribution is 6.02. The highest BCUT2D eigenvalue weighted by Gasteiger charge is 2.34. The first-order valence-electron chi connectivity index (χ1n) is 8.57. The zero-order chi connectivity index (χ0) is 20.3. The molecule has 0 aliphatic carbocycles. The summed E-state index contributed by atoms with van der Waals surface area (Å²) < 4.78 is 44.9. The molecule has 0 bridgehead atoms. The van der Waals surface area contributed by atoms with Crippen LogP contribution in [0.25, 0.3) is 17.4 Å². The third-order valence-corrected chi connectivity index (χ3v) is 4.17. The molecule has 29 heavy (non-hydrogen) atoms.